The zero-order valence-electron chi connectivity index (χ0n) is 16.2. The molecule has 6 N–H and O–H groups in total. The van der Waals surface area contributed by atoms with Gasteiger partial charge in [0.2, 0.25) is 0 Å². The number of hydrogen-bond donors (Lipinski definition) is 4. The van der Waals surface area contributed by atoms with E-state index >= 15 is 0 Å². The minimum absolute atomic E-state index is 0.0480. The molecule has 1 heterocycles. The average Bonchev–Trinajstić information content (AvgIpc) is 2.66. The molecule has 1 aromatic rings. The van der Waals surface area contributed by atoms with Crippen LogP contribution in [-0.2, 0) is 0 Å². The molecule has 0 saturated carbocycles. The standard InChI is InChI=1S/C18H32N8/c1-13(2)25(4)24-16-7-5-15(6-8-16)18(20)23-22-17(19)14(3)26-11-9-21-10-12-26/h5-8,13-14,21,24H,9-12H2,1-4H3,(H2,19,22)(H2,20,23). The Bertz CT molecular complexity index is 617. The van der Waals surface area contributed by atoms with E-state index in [0.29, 0.717) is 17.7 Å². The summed E-state index contributed by atoms with van der Waals surface area (Å²) < 4.78 is 0. The molecular formula is C18H32N8. The fourth-order valence-corrected chi connectivity index (χ4v) is 2.56. The lowest BCUT2D eigenvalue weighted by molar-refractivity contribution is 0.222. The Morgan fingerprint density at radius 1 is 1.12 bits per heavy atom. The molecule has 1 aliphatic rings. The van der Waals surface area contributed by atoms with Crippen molar-refractivity contribution in [3.63, 3.8) is 0 Å². The molecule has 0 radical (unpaired) electrons. The van der Waals surface area contributed by atoms with E-state index in [9.17, 15) is 0 Å². The Morgan fingerprint density at radius 2 is 1.73 bits per heavy atom. The number of hydrogen-bond acceptors (Lipinski definition) is 6. The van der Waals surface area contributed by atoms with Crippen molar-refractivity contribution in [2.75, 3.05) is 38.7 Å². The summed E-state index contributed by atoms with van der Waals surface area (Å²) in [6.07, 6.45) is 0. The van der Waals surface area contributed by atoms with Gasteiger partial charge in [0.15, 0.2) is 5.84 Å². The first-order valence-electron chi connectivity index (χ1n) is 9.09. The van der Waals surface area contributed by atoms with Crippen LogP contribution in [0.15, 0.2) is 34.5 Å². The second kappa shape index (κ2) is 9.51. The predicted molar refractivity (Wildman–Crippen MR) is 109 cm³/mol. The number of nitrogens with two attached hydrogens (primary N) is 2. The molecule has 2 rings (SSSR count). The van der Waals surface area contributed by atoms with Crippen molar-refractivity contribution in [2.24, 2.45) is 21.7 Å². The van der Waals surface area contributed by atoms with Crippen LogP contribution in [0.3, 0.4) is 0 Å². The second-order valence-electron chi connectivity index (χ2n) is 6.87. The molecule has 26 heavy (non-hydrogen) atoms. The molecule has 0 bridgehead atoms. The van der Waals surface area contributed by atoms with Crippen molar-refractivity contribution < 1.29 is 0 Å². The van der Waals surface area contributed by atoms with E-state index in [2.05, 4.69) is 39.7 Å². The third kappa shape index (κ3) is 5.69. The van der Waals surface area contributed by atoms with Crippen LogP contribution in [0.2, 0.25) is 0 Å². The summed E-state index contributed by atoms with van der Waals surface area (Å²) in [6, 6.07) is 8.21. The molecule has 0 aromatic heterocycles. The zero-order valence-corrected chi connectivity index (χ0v) is 16.2. The molecular weight excluding hydrogens is 328 g/mol. The van der Waals surface area contributed by atoms with Gasteiger partial charge in [0, 0.05) is 50.5 Å². The van der Waals surface area contributed by atoms with Crippen molar-refractivity contribution in [1.29, 1.82) is 0 Å². The van der Waals surface area contributed by atoms with Crippen LogP contribution in [0.1, 0.15) is 26.3 Å². The molecule has 8 heteroatoms. The van der Waals surface area contributed by atoms with Gasteiger partial charge in [-0.25, -0.2) is 5.01 Å². The van der Waals surface area contributed by atoms with E-state index in [1.165, 1.54) is 0 Å². The lowest BCUT2D eigenvalue weighted by atomic mass is 10.2. The lowest BCUT2D eigenvalue weighted by Gasteiger charge is -2.31. The van der Waals surface area contributed by atoms with E-state index in [4.69, 9.17) is 11.5 Å². The van der Waals surface area contributed by atoms with Crippen LogP contribution < -0.4 is 22.2 Å². The van der Waals surface area contributed by atoms with Crippen molar-refractivity contribution in [2.45, 2.75) is 32.9 Å². The van der Waals surface area contributed by atoms with Gasteiger partial charge in [0.05, 0.1) is 6.04 Å². The first kappa shape index (κ1) is 20.2. The number of nitrogens with one attached hydrogen (secondary N) is 2. The maximum Gasteiger partial charge on any atom is 0.153 e. The second-order valence-corrected chi connectivity index (χ2v) is 6.87. The lowest BCUT2D eigenvalue weighted by Crippen LogP contribution is -2.51. The molecule has 1 aliphatic heterocycles. The Labute approximate surface area is 156 Å². The largest absolute Gasteiger partial charge is 0.384 e. The smallest absolute Gasteiger partial charge is 0.153 e. The molecule has 144 valence electrons. The van der Waals surface area contributed by atoms with E-state index in [1.54, 1.807) is 0 Å². The highest BCUT2D eigenvalue weighted by atomic mass is 15.5. The first-order valence-corrected chi connectivity index (χ1v) is 9.09. The quantitative estimate of drug-likeness (QED) is 0.323. The molecule has 0 amide bonds. The summed E-state index contributed by atoms with van der Waals surface area (Å²) in [5.74, 6) is 0.830. The minimum Gasteiger partial charge on any atom is -0.384 e. The van der Waals surface area contributed by atoms with Gasteiger partial charge in [-0.05, 0) is 45.0 Å². The maximum absolute atomic E-state index is 6.09. The number of hydrazine groups is 1. The fraction of sp³-hybridized carbons (Fsp3) is 0.556. The van der Waals surface area contributed by atoms with Gasteiger partial charge < -0.3 is 22.2 Å². The Kier molecular flexibility index (Phi) is 7.38. The molecule has 0 spiro atoms. The SMILES string of the molecule is CC(/C(N)=N\N=C(/N)c1ccc(NN(C)C(C)C)cc1)N1CCNCC1. The third-order valence-corrected chi connectivity index (χ3v) is 4.66. The highest BCUT2D eigenvalue weighted by Crippen LogP contribution is 2.11. The van der Waals surface area contributed by atoms with Crippen LogP contribution >= 0.6 is 0 Å². The van der Waals surface area contributed by atoms with Crippen LogP contribution in [0.25, 0.3) is 0 Å². The van der Waals surface area contributed by atoms with E-state index < -0.39 is 0 Å². The molecule has 1 atom stereocenters. The topological polar surface area (TPSA) is 107 Å². The van der Waals surface area contributed by atoms with E-state index in [1.807, 2.05) is 43.2 Å². The highest BCUT2D eigenvalue weighted by Gasteiger charge is 2.19. The summed E-state index contributed by atoms with van der Waals surface area (Å²) >= 11 is 0. The summed E-state index contributed by atoms with van der Waals surface area (Å²) in [7, 11) is 2.01. The van der Waals surface area contributed by atoms with Gasteiger partial charge in [-0.1, -0.05) is 0 Å². The number of nitrogens with zero attached hydrogens (tertiary/aromatic N) is 4. The van der Waals surface area contributed by atoms with Gasteiger partial charge in [0.25, 0.3) is 0 Å². The predicted octanol–water partition coefficient (Wildman–Crippen LogP) is 0.625. The van der Waals surface area contributed by atoms with E-state index in [-0.39, 0.29) is 6.04 Å². The molecule has 1 unspecified atom stereocenters. The van der Waals surface area contributed by atoms with Gasteiger partial charge in [0.1, 0.15) is 5.84 Å². The molecule has 0 aliphatic carbocycles. The fourth-order valence-electron chi connectivity index (χ4n) is 2.56. The Balaban J connectivity index is 1.99. The summed E-state index contributed by atoms with van der Waals surface area (Å²) in [4.78, 5) is 2.28. The Morgan fingerprint density at radius 3 is 2.31 bits per heavy atom. The van der Waals surface area contributed by atoms with Crippen LogP contribution in [-0.4, -0.2) is 66.9 Å². The summed E-state index contributed by atoms with van der Waals surface area (Å²) in [6.45, 7) is 10.1. The first-order chi connectivity index (χ1) is 12.4. The van der Waals surface area contributed by atoms with Crippen LogP contribution in [0, 0.1) is 0 Å². The number of amidine groups is 2. The minimum atomic E-state index is 0.0480. The van der Waals surface area contributed by atoms with Gasteiger partial charge in [-0.15, -0.1) is 10.2 Å². The maximum atomic E-state index is 6.09. The van der Waals surface area contributed by atoms with Gasteiger partial charge in [-0.2, -0.15) is 0 Å². The third-order valence-electron chi connectivity index (χ3n) is 4.66. The van der Waals surface area contributed by atoms with Gasteiger partial charge >= 0.3 is 0 Å². The highest BCUT2D eigenvalue weighted by molar-refractivity contribution is 5.98. The Hall–Kier alpha value is -2.16. The average molecular weight is 361 g/mol. The zero-order chi connectivity index (χ0) is 19.1. The van der Waals surface area contributed by atoms with Crippen LogP contribution in [0.4, 0.5) is 5.69 Å². The van der Waals surface area contributed by atoms with Gasteiger partial charge in [-0.3, -0.25) is 4.90 Å². The van der Waals surface area contributed by atoms with Crippen molar-refractivity contribution in [3.05, 3.63) is 29.8 Å². The molecule has 1 aromatic carbocycles. The number of anilines is 1. The van der Waals surface area contributed by atoms with E-state index in [0.717, 1.165) is 37.4 Å². The monoisotopic (exact) mass is 360 g/mol. The molecule has 1 fully saturated rings. The molecule has 8 nitrogen and oxygen atoms in total. The number of rotatable bonds is 7. The van der Waals surface area contributed by atoms with Crippen molar-refractivity contribution >= 4 is 17.4 Å². The number of benzene rings is 1. The molecule has 1 saturated heterocycles. The number of piperazine rings is 1. The van der Waals surface area contributed by atoms with Crippen molar-refractivity contribution in [3.8, 4) is 0 Å². The normalized spacial score (nSPS) is 18.4. The summed E-state index contributed by atoms with van der Waals surface area (Å²) in [5, 5.41) is 13.6. The van der Waals surface area contributed by atoms with Crippen molar-refractivity contribution in [1.82, 2.24) is 15.2 Å². The van der Waals surface area contributed by atoms with Crippen LogP contribution in [0.5, 0.6) is 0 Å². The summed E-state index contributed by atoms with van der Waals surface area (Å²) in [5.41, 5.74) is 17.3.